The third-order valence-corrected chi connectivity index (χ3v) is 11.0. The molecule has 1 aliphatic rings. The molecule has 310 valence electrons. The number of rotatable bonds is 28. The highest BCUT2D eigenvalue weighted by molar-refractivity contribution is 5.96. The monoisotopic (exact) mass is 769 g/mol. The van der Waals surface area contributed by atoms with Crippen LogP contribution in [0.2, 0.25) is 0 Å². The fourth-order valence-corrected chi connectivity index (χ4v) is 7.68. The summed E-state index contributed by atoms with van der Waals surface area (Å²) in [5, 5.41) is 18.5. The van der Waals surface area contributed by atoms with Gasteiger partial charge in [-0.05, 0) is 83.0 Å². The topological polar surface area (TPSA) is 162 Å². The van der Waals surface area contributed by atoms with E-state index in [2.05, 4.69) is 34.7 Å². The van der Waals surface area contributed by atoms with Gasteiger partial charge in [-0.1, -0.05) is 90.1 Å². The van der Waals surface area contributed by atoms with Crippen LogP contribution in [-0.4, -0.2) is 89.9 Å². The Labute approximate surface area is 330 Å². The van der Waals surface area contributed by atoms with Gasteiger partial charge in [0, 0.05) is 44.1 Å². The van der Waals surface area contributed by atoms with Crippen LogP contribution in [0.25, 0.3) is 0 Å². The van der Waals surface area contributed by atoms with Crippen LogP contribution in [0.1, 0.15) is 131 Å². The lowest BCUT2D eigenvalue weighted by molar-refractivity contribution is -0.136. The first-order chi connectivity index (χ1) is 26.3. The van der Waals surface area contributed by atoms with Gasteiger partial charge in [-0.2, -0.15) is 0 Å². The van der Waals surface area contributed by atoms with Crippen LogP contribution >= 0.6 is 0 Å². The average Bonchev–Trinajstić information content (AvgIpc) is 3.16. The molecule has 0 saturated heterocycles. The van der Waals surface area contributed by atoms with E-state index in [0.717, 1.165) is 63.7 Å². The Bertz CT molecular complexity index is 1330. The van der Waals surface area contributed by atoms with Crippen molar-refractivity contribution in [1.29, 1.82) is 0 Å². The summed E-state index contributed by atoms with van der Waals surface area (Å²) in [7, 11) is 0. The van der Waals surface area contributed by atoms with E-state index >= 15 is 0 Å². The Morgan fingerprint density at radius 2 is 1.38 bits per heavy atom. The number of aliphatic hydroxyl groups is 1. The Hall–Kier alpha value is -3.44. The first kappa shape index (κ1) is 47.7. The summed E-state index contributed by atoms with van der Waals surface area (Å²) in [4.78, 5) is 83.2. The molecule has 55 heavy (non-hydrogen) atoms. The second-order valence-corrected chi connectivity index (χ2v) is 16.1. The summed E-state index contributed by atoms with van der Waals surface area (Å²) in [6, 6.07) is 7.77. The summed E-state index contributed by atoms with van der Waals surface area (Å²) < 4.78 is 0. The molecule has 4 N–H and O–H groups in total. The van der Waals surface area contributed by atoms with Gasteiger partial charge in [-0.25, -0.2) is 0 Å². The molecular weight excluding hydrogens is 697 g/mol. The highest BCUT2D eigenvalue weighted by Crippen LogP contribution is 2.31. The summed E-state index contributed by atoms with van der Waals surface area (Å²) in [6.45, 7) is 14.1. The number of nitrogens with zero attached hydrogens (tertiary/aromatic N) is 1. The molecule has 2 rings (SSSR count). The maximum Gasteiger partial charge on any atom is 0.225 e. The molecule has 1 saturated carbocycles. The van der Waals surface area contributed by atoms with E-state index in [9.17, 15) is 33.9 Å². The second kappa shape index (κ2) is 26.4. The van der Waals surface area contributed by atoms with Crippen molar-refractivity contribution in [3.05, 3.63) is 35.9 Å². The predicted molar refractivity (Wildman–Crippen MR) is 217 cm³/mol. The first-order valence-corrected chi connectivity index (χ1v) is 21.1. The largest absolute Gasteiger partial charge is 0.396 e. The molecule has 0 bridgehead atoms. The fourth-order valence-electron chi connectivity index (χ4n) is 7.68. The van der Waals surface area contributed by atoms with Gasteiger partial charge in [-0.3, -0.25) is 28.8 Å². The number of carbonyl (C=O) groups is 6. The van der Waals surface area contributed by atoms with E-state index in [1.807, 2.05) is 44.2 Å². The number of unbranched alkanes of at least 4 members (excludes halogenated alkanes) is 1. The molecule has 1 aromatic rings. The zero-order chi connectivity index (χ0) is 40.8. The molecule has 11 nitrogen and oxygen atoms in total. The van der Waals surface area contributed by atoms with Gasteiger partial charge < -0.3 is 26.0 Å². The van der Waals surface area contributed by atoms with Gasteiger partial charge >= 0.3 is 0 Å². The van der Waals surface area contributed by atoms with Crippen LogP contribution < -0.4 is 16.0 Å². The lowest BCUT2D eigenvalue weighted by atomic mass is 9.80. The van der Waals surface area contributed by atoms with E-state index in [-0.39, 0.29) is 60.3 Å². The number of aliphatic hydroxyl groups excluding tert-OH is 1. The smallest absolute Gasteiger partial charge is 0.225 e. The van der Waals surface area contributed by atoms with Crippen LogP contribution in [-0.2, 0) is 35.2 Å². The molecule has 0 spiro atoms. The molecule has 3 amide bonds. The maximum atomic E-state index is 14.2. The third kappa shape index (κ3) is 18.4. The number of ketones is 3. The quantitative estimate of drug-likeness (QED) is 0.0802. The lowest BCUT2D eigenvalue weighted by Gasteiger charge is -2.28. The predicted octanol–water partition coefficient (Wildman–Crippen LogP) is 5.60. The van der Waals surface area contributed by atoms with Crippen LogP contribution in [0, 0.1) is 29.6 Å². The molecule has 1 aromatic carbocycles. The zero-order valence-electron chi connectivity index (χ0n) is 34.7. The highest BCUT2D eigenvalue weighted by atomic mass is 16.3. The molecule has 1 fully saturated rings. The number of hydrogen-bond acceptors (Lipinski definition) is 8. The number of hydrogen-bond donors (Lipinski definition) is 4. The molecule has 3 unspecified atom stereocenters. The Morgan fingerprint density at radius 1 is 0.745 bits per heavy atom. The SMILES string of the molecule is CCNC(=O)C(CO)CC(=O)[C@H](CCCCN(CC)CC)NC(=O)C(CC(=O)[C@H](C)NC(=O)C(CC(=O)CC(C)C)Cc1ccccc1)CC1CCCCC1. The van der Waals surface area contributed by atoms with Crippen molar-refractivity contribution in [3.63, 3.8) is 0 Å². The summed E-state index contributed by atoms with van der Waals surface area (Å²) in [5.41, 5.74) is 0.927. The van der Waals surface area contributed by atoms with Gasteiger partial charge in [0.2, 0.25) is 17.7 Å². The van der Waals surface area contributed by atoms with E-state index < -0.39 is 42.4 Å². The standard InChI is InChI=1S/C44H72N4O7/c1-7-45-42(53)37(30-49)29-41(52)39(22-16-17-23-48(8-2)9-3)47-44(55)36(26-34-20-14-11-15-21-34)28-40(51)32(6)46-43(54)35(27-38(50)24-31(4)5)25-33-18-12-10-13-19-33/h10,12-13,18-19,31-32,34-37,39,49H,7-9,11,14-17,20-30H2,1-6H3,(H,45,53)(H,46,54)(H,47,55)/t32-,35?,36?,37?,39-/m0/s1. The normalized spacial score (nSPS) is 16.2. The minimum atomic E-state index is -0.919. The third-order valence-electron chi connectivity index (χ3n) is 11.0. The fraction of sp³-hybridized carbons (Fsp3) is 0.727. The summed E-state index contributed by atoms with van der Waals surface area (Å²) >= 11 is 0. The van der Waals surface area contributed by atoms with Crippen molar-refractivity contribution in [1.82, 2.24) is 20.9 Å². The lowest BCUT2D eigenvalue weighted by Crippen LogP contribution is -2.47. The Morgan fingerprint density at radius 3 is 1.98 bits per heavy atom. The minimum absolute atomic E-state index is 0.00253. The summed E-state index contributed by atoms with van der Waals surface area (Å²) in [6.07, 6.45) is 8.10. The molecule has 0 aromatic heterocycles. The van der Waals surface area contributed by atoms with Gasteiger partial charge in [0.25, 0.3) is 0 Å². The zero-order valence-corrected chi connectivity index (χ0v) is 34.7. The van der Waals surface area contributed by atoms with Gasteiger partial charge in [-0.15, -0.1) is 0 Å². The Balaban J connectivity index is 2.26. The number of Topliss-reactive ketones (excluding diaryl/α,β-unsaturated/α-hetero) is 3. The van der Waals surface area contributed by atoms with Crippen molar-refractivity contribution in [2.24, 2.45) is 29.6 Å². The van der Waals surface area contributed by atoms with Gasteiger partial charge in [0.15, 0.2) is 11.6 Å². The first-order valence-electron chi connectivity index (χ1n) is 21.1. The van der Waals surface area contributed by atoms with Gasteiger partial charge in [0.05, 0.1) is 24.6 Å². The van der Waals surface area contributed by atoms with Crippen molar-refractivity contribution < 1.29 is 33.9 Å². The van der Waals surface area contributed by atoms with E-state index in [4.69, 9.17) is 0 Å². The van der Waals surface area contributed by atoms with Crippen LogP contribution in [0.3, 0.4) is 0 Å². The second-order valence-electron chi connectivity index (χ2n) is 16.1. The van der Waals surface area contributed by atoms with Crippen molar-refractivity contribution in [2.75, 3.05) is 32.8 Å². The summed E-state index contributed by atoms with van der Waals surface area (Å²) in [5.74, 6) is -3.57. The molecule has 1 aliphatic carbocycles. The highest BCUT2D eigenvalue weighted by Gasteiger charge is 2.33. The van der Waals surface area contributed by atoms with Crippen LogP contribution in [0.5, 0.6) is 0 Å². The van der Waals surface area contributed by atoms with Crippen molar-refractivity contribution >= 4 is 35.1 Å². The molecule has 11 heteroatoms. The van der Waals surface area contributed by atoms with Gasteiger partial charge in [0.1, 0.15) is 5.78 Å². The molecular formula is C44H72N4O7. The molecule has 0 heterocycles. The number of nitrogens with one attached hydrogen (secondary N) is 3. The number of carbonyl (C=O) groups excluding carboxylic acids is 6. The van der Waals surface area contributed by atoms with Crippen molar-refractivity contribution in [3.8, 4) is 0 Å². The molecule has 5 atom stereocenters. The van der Waals surface area contributed by atoms with E-state index in [0.29, 0.717) is 38.6 Å². The number of amides is 3. The van der Waals surface area contributed by atoms with Crippen LogP contribution in [0.4, 0.5) is 0 Å². The molecule has 0 aliphatic heterocycles. The van der Waals surface area contributed by atoms with E-state index in [1.165, 1.54) is 0 Å². The van der Waals surface area contributed by atoms with Crippen molar-refractivity contribution in [2.45, 2.75) is 144 Å². The van der Waals surface area contributed by atoms with E-state index in [1.54, 1.807) is 13.8 Å². The molecule has 0 radical (unpaired) electrons. The maximum absolute atomic E-state index is 14.2. The Kier molecular flexibility index (Phi) is 22.9. The van der Waals surface area contributed by atoms with Crippen LogP contribution in [0.15, 0.2) is 30.3 Å². The number of benzene rings is 1. The average molecular weight is 769 g/mol. The minimum Gasteiger partial charge on any atom is -0.396 e.